The summed E-state index contributed by atoms with van der Waals surface area (Å²) in [7, 11) is -1.77. The van der Waals surface area contributed by atoms with Crippen LogP contribution in [-0.4, -0.2) is 32.6 Å². The SMILES string of the molecule is CC[C@H](C)C(=O)Nc1nc(-c2ccc(N(C)S(C)(=O)=O)cc2)cs1. The van der Waals surface area contributed by atoms with E-state index in [1.807, 2.05) is 31.4 Å². The molecule has 0 spiro atoms. The number of amides is 1. The maximum atomic E-state index is 11.9. The molecule has 1 aromatic carbocycles. The molecule has 1 aromatic heterocycles. The van der Waals surface area contributed by atoms with Crippen LogP contribution in [0.3, 0.4) is 0 Å². The van der Waals surface area contributed by atoms with Crippen molar-refractivity contribution in [1.29, 1.82) is 0 Å². The summed E-state index contributed by atoms with van der Waals surface area (Å²) in [5.74, 6) is -0.0910. The normalized spacial score (nSPS) is 12.7. The summed E-state index contributed by atoms with van der Waals surface area (Å²) < 4.78 is 24.3. The van der Waals surface area contributed by atoms with Crippen molar-refractivity contribution >= 4 is 38.1 Å². The molecule has 0 aliphatic heterocycles. The molecule has 0 unspecified atom stereocenters. The van der Waals surface area contributed by atoms with Crippen LogP contribution in [0.1, 0.15) is 20.3 Å². The average Bonchev–Trinajstić information content (AvgIpc) is 3.01. The van der Waals surface area contributed by atoms with Crippen LogP contribution in [0.4, 0.5) is 10.8 Å². The molecular weight excluding hydrogens is 346 g/mol. The molecule has 2 rings (SSSR count). The van der Waals surface area contributed by atoms with Gasteiger partial charge < -0.3 is 5.32 Å². The summed E-state index contributed by atoms with van der Waals surface area (Å²) >= 11 is 1.37. The molecule has 0 saturated heterocycles. The van der Waals surface area contributed by atoms with Crippen LogP contribution in [0.15, 0.2) is 29.6 Å². The van der Waals surface area contributed by atoms with Gasteiger partial charge in [-0.05, 0) is 18.6 Å². The number of hydrogen-bond acceptors (Lipinski definition) is 5. The van der Waals surface area contributed by atoms with E-state index in [9.17, 15) is 13.2 Å². The third kappa shape index (κ3) is 4.33. The highest BCUT2D eigenvalue weighted by Gasteiger charge is 2.14. The second-order valence-electron chi connectivity index (χ2n) is 5.61. The number of anilines is 2. The standard InChI is InChI=1S/C16H21N3O3S2/c1-5-11(2)15(20)18-16-17-14(10-23-16)12-6-8-13(9-7-12)19(3)24(4,21)22/h6-11H,5H2,1-4H3,(H,17,18,20)/t11-/m0/s1. The van der Waals surface area contributed by atoms with E-state index < -0.39 is 10.0 Å². The van der Waals surface area contributed by atoms with Gasteiger partial charge in [0.1, 0.15) is 0 Å². The van der Waals surface area contributed by atoms with Crippen molar-refractivity contribution in [2.75, 3.05) is 22.9 Å². The van der Waals surface area contributed by atoms with Gasteiger partial charge in [-0.2, -0.15) is 0 Å². The van der Waals surface area contributed by atoms with E-state index in [4.69, 9.17) is 0 Å². The average molecular weight is 367 g/mol. The van der Waals surface area contributed by atoms with Gasteiger partial charge in [-0.15, -0.1) is 11.3 Å². The van der Waals surface area contributed by atoms with E-state index in [2.05, 4.69) is 10.3 Å². The molecular formula is C16H21N3O3S2. The molecule has 1 atom stereocenters. The Balaban J connectivity index is 2.14. The van der Waals surface area contributed by atoms with E-state index in [0.717, 1.165) is 23.9 Å². The summed E-state index contributed by atoms with van der Waals surface area (Å²) in [5, 5.41) is 5.24. The first-order valence-electron chi connectivity index (χ1n) is 7.53. The van der Waals surface area contributed by atoms with Crippen molar-refractivity contribution < 1.29 is 13.2 Å². The number of hydrogen-bond donors (Lipinski definition) is 1. The van der Waals surface area contributed by atoms with Crippen molar-refractivity contribution in [2.24, 2.45) is 5.92 Å². The maximum Gasteiger partial charge on any atom is 0.231 e. The Morgan fingerprint density at radius 2 is 1.96 bits per heavy atom. The number of nitrogens with one attached hydrogen (secondary N) is 1. The molecule has 24 heavy (non-hydrogen) atoms. The highest BCUT2D eigenvalue weighted by molar-refractivity contribution is 7.92. The minimum Gasteiger partial charge on any atom is -0.302 e. The van der Waals surface area contributed by atoms with Gasteiger partial charge >= 0.3 is 0 Å². The first kappa shape index (κ1) is 18.4. The largest absolute Gasteiger partial charge is 0.302 e. The van der Waals surface area contributed by atoms with Crippen molar-refractivity contribution in [3.63, 3.8) is 0 Å². The molecule has 1 heterocycles. The second-order valence-corrected chi connectivity index (χ2v) is 8.49. The maximum absolute atomic E-state index is 11.9. The fourth-order valence-electron chi connectivity index (χ4n) is 1.91. The van der Waals surface area contributed by atoms with Gasteiger partial charge in [-0.3, -0.25) is 9.10 Å². The molecule has 1 N–H and O–H groups in total. The van der Waals surface area contributed by atoms with E-state index >= 15 is 0 Å². The third-order valence-electron chi connectivity index (χ3n) is 3.82. The third-order valence-corrected chi connectivity index (χ3v) is 5.78. The van der Waals surface area contributed by atoms with Crippen LogP contribution in [0, 0.1) is 5.92 Å². The Bertz CT molecular complexity index is 813. The monoisotopic (exact) mass is 367 g/mol. The zero-order valence-corrected chi connectivity index (χ0v) is 15.7. The van der Waals surface area contributed by atoms with Crippen LogP contribution in [0.5, 0.6) is 0 Å². The second kappa shape index (κ2) is 7.31. The van der Waals surface area contributed by atoms with Crippen LogP contribution in [0.25, 0.3) is 11.3 Å². The summed E-state index contributed by atoms with van der Waals surface area (Å²) in [6.07, 6.45) is 1.94. The number of rotatable bonds is 6. The molecule has 1 amide bonds. The quantitative estimate of drug-likeness (QED) is 0.850. The number of sulfonamides is 1. The van der Waals surface area contributed by atoms with Gasteiger partial charge in [0.15, 0.2) is 5.13 Å². The predicted octanol–water partition coefficient (Wildman–Crippen LogP) is 3.19. The van der Waals surface area contributed by atoms with E-state index in [1.165, 1.54) is 22.7 Å². The number of benzene rings is 1. The Labute approximate surface area is 146 Å². The number of carbonyl (C=O) groups is 1. The van der Waals surface area contributed by atoms with Crippen LogP contribution in [-0.2, 0) is 14.8 Å². The topological polar surface area (TPSA) is 79.4 Å². The highest BCUT2D eigenvalue weighted by Crippen LogP contribution is 2.27. The van der Waals surface area contributed by atoms with Gasteiger partial charge in [0.25, 0.3) is 0 Å². The number of nitrogens with zero attached hydrogens (tertiary/aromatic N) is 2. The predicted molar refractivity (Wildman–Crippen MR) is 98.9 cm³/mol. The summed E-state index contributed by atoms with van der Waals surface area (Å²) in [6.45, 7) is 3.84. The highest BCUT2D eigenvalue weighted by atomic mass is 32.2. The lowest BCUT2D eigenvalue weighted by atomic mass is 10.1. The Morgan fingerprint density at radius 1 is 1.33 bits per heavy atom. The molecule has 0 fully saturated rings. The number of carbonyl (C=O) groups excluding carboxylic acids is 1. The molecule has 6 nitrogen and oxygen atoms in total. The van der Waals surface area contributed by atoms with Gasteiger partial charge in [0, 0.05) is 23.9 Å². The fraction of sp³-hybridized carbons (Fsp3) is 0.375. The zero-order valence-electron chi connectivity index (χ0n) is 14.1. The Kier molecular flexibility index (Phi) is 5.61. The summed E-state index contributed by atoms with van der Waals surface area (Å²) in [6, 6.07) is 7.08. The van der Waals surface area contributed by atoms with E-state index in [-0.39, 0.29) is 11.8 Å². The van der Waals surface area contributed by atoms with E-state index in [1.54, 1.807) is 12.1 Å². The van der Waals surface area contributed by atoms with Gasteiger partial charge in [0.2, 0.25) is 15.9 Å². The van der Waals surface area contributed by atoms with Gasteiger partial charge in [-0.1, -0.05) is 26.0 Å². The van der Waals surface area contributed by atoms with Gasteiger partial charge in [0.05, 0.1) is 17.6 Å². The van der Waals surface area contributed by atoms with Crippen molar-refractivity contribution in [3.05, 3.63) is 29.6 Å². The molecule has 0 aliphatic carbocycles. The molecule has 0 radical (unpaired) electrons. The van der Waals surface area contributed by atoms with Crippen LogP contribution >= 0.6 is 11.3 Å². The van der Waals surface area contributed by atoms with Crippen molar-refractivity contribution in [2.45, 2.75) is 20.3 Å². The molecule has 0 bridgehead atoms. The fourth-order valence-corrected chi connectivity index (χ4v) is 3.14. The number of aromatic nitrogens is 1. The van der Waals surface area contributed by atoms with Crippen molar-refractivity contribution in [1.82, 2.24) is 4.98 Å². The molecule has 0 saturated carbocycles. The lowest BCUT2D eigenvalue weighted by Gasteiger charge is -2.16. The van der Waals surface area contributed by atoms with Crippen molar-refractivity contribution in [3.8, 4) is 11.3 Å². The summed E-state index contributed by atoms with van der Waals surface area (Å²) in [5.41, 5.74) is 2.19. The first-order chi connectivity index (χ1) is 11.2. The Hall–Kier alpha value is -1.93. The van der Waals surface area contributed by atoms with Crippen LogP contribution in [0.2, 0.25) is 0 Å². The lowest BCUT2D eigenvalue weighted by Crippen LogP contribution is -2.24. The molecule has 130 valence electrons. The summed E-state index contributed by atoms with van der Waals surface area (Å²) in [4.78, 5) is 16.3. The molecule has 0 aliphatic rings. The Morgan fingerprint density at radius 3 is 2.50 bits per heavy atom. The minimum atomic E-state index is -3.28. The number of thiazole rings is 1. The molecule has 2 aromatic rings. The minimum absolute atomic E-state index is 0.0384. The lowest BCUT2D eigenvalue weighted by molar-refractivity contribution is -0.119. The smallest absolute Gasteiger partial charge is 0.231 e. The van der Waals surface area contributed by atoms with E-state index in [0.29, 0.717) is 10.8 Å². The zero-order chi connectivity index (χ0) is 17.9. The first-order valence-corrected chi connectivity index (χ1v) is 10.3. The van der Waals surface area contributed by atoms with Crippen LogP contribution < -0.4 is 9.62 Å². The molecule has 8 heteroatoms. The van der Waals surface area contributed by atoms with Gasteiger partial charge in [-0.25, -0.2) is 13.4 Å².